The Balaban J connectivity index is 5.52. The predicted molar refractivity (Wildman–Crippen MR) is 108 cm³/mol. The van der Waals surface area contributed by atoms with E-state index in [1.807, 2.05) is 5.32 Å². The highest BCUT2D eigenvalue weighted by molar-refractivity contribution is 5.95. The summed E-state index contributed by atoms with van der Waals surface area (Å²) >= 11 is 0. The maximum absolute atomic E-state index is 12.7. The van der Waals surface area contributed by atoms with Gasteiger partial charge in [0.2, 0.25) is 17.7 Å². The molecular formula is C18H28N4O11. The van der Waals surface area contributed by atoms with Crippen LogP contribution in [0.3, 0.4) is 0 Å². The minimum absolute atomic E-state index is 0.421. The molecule has 15 heteroatoms. The maximum atomic E-state index is 12.7. The van der Waals surface area contributed by atoms with Gasteiger partial charge in [0.15, 0.2) is 0 Å². The molecule has 15 nitrogen and oxygen atoms in total. The van der Waals surface area contributed by atoms with Gasteiger partial charge in [-0.05, 0) is 12.3 Å². The SMILES string of the molecule is CC(C)C(NC(=O)C(CCC(=O)O)NC(=O)C(N)CC(=O)O)C(=O)NC(CC(=O)O)C(=O)O. The third-order valence-corrected chi connectivity index (χ3v) is 4.25. The van der Waals surface area contributed by atoms with Crippen LogP contribution in [0.1, 0.15) is 39.5 Å². The Morgan fingerprint density at radius 3 is 1.64 bits per heavy atom. The van der Waals surface area contributed by atoms with Crippen LogP contribution in [0.25, 0.3) is 0 Å². The molecule has 33 heavy (non-hydrogen) atoms. The number of hydrogen-bond donors (Lipinski definition) is 8. The van der Waals surface area contributed by atoms with Gasteiger partial charge in [0.25, 0.3) is 0 Å². The highest BCUT2D eigenvalue weighted by Gasteiger charge is 2.33. The zero-order chi connectivity index (χ0) is 25.9. The van der Waals surface area contributed by atoms with Crippen LogP contribution < -0.4 is 21.7 Å². The van der Waals surface area contributed by atoms with Crippen molar-refractivity contribution in [2.45, 2.75) is 63.7 Å². The molecule has 0 saturated heterocycles. The smallest absolute Gasteiger partial charge is 0.326 e. The number of carboxylic acid groups (broad SMARTS) is 4. The molecule has 0 aliphatic heterocycles. The number of carbonyl (C=O) groups excluding carboxylic acids is 3. The van der Waals surface area contributed by atoms with Crippen LogP contribution in [0, 0.1) is 5.92 Å². The van der Waals surface area contributed by atoms with Gasteiger partial charge in [-0.1, -0.05) is 13.8 Å². The number of nitrogens with one attached hydrogen (secondary N) is 3. The minimum atomic E-state index is -1.77. The van der Waals surface area contributed by atoms with E-state index in [9.17, 15) is 33.6 Å². The summed E-state index contributed by atoms with van der Waals surface area (Å²) in [5.41, 5.74) is 5.43. The number of nitrogens with two attached hydrogens (primary N) is 1. The van der Waals surface area contributed by atoms with Crippen molar-refractivity contribution in [1.29, 1.82) is 0 Å². The van der Waals surface area contributed by atoms with Crippen molar-refractivity contribution in [2.24, 2.45) is 11.7 Å². The van der Waals surface area contributed by atoms with E-state index >= 15 is 0 Å². The van der Waals surface area contributed by atoms with E-state index in [4.69, 9.17) is 26.2 Å². The lowest BCUT2D eigenvalue weighted by atomic mass is 10.0. The number of carboxylic acids is 4. The number of aliphatic carboxylic acids is 4. The Kier molecular flexibility index (Phi) is 12.1. The van der Waals surface area contributed by atoms with Crippen molar-refractivity contribution in [3.63, 3.8) is 0 Å². The summed E-state index contributed by atoms with van der Waals surface area (Å²) in [6.07, 6.45) is -2.66. The molecule has 4 atom stereocenters. The molecule has 3 amide bonds. The molecule has 4 unspecified atom stereocenters. The van der Waals surface area contributed by atoms with Crippen molar-refractivity contribution in [2.75, 3.05) is 0 Å². The van der Waals surface area contributed by atoms with Gasteiger partial charge in [-0.15, -0.1) is 0 Å². The van der Waals surface area contributed by atoms with Crippen LogP contribution in [0.5, 0.6) is 0 Å². The highest BCUT2D eigenvalue weighted by Crippen LogP contribution is 2.07. The van der Waals surface area contributed by atoms with Crippen LogP contribution >= 0.6 is 0 Å². The van der Waals surface area contributed by atoms with E-state index in [0.29, 0.717) is 0 Å². The largest absolute Gasteiger partial charge is 0.481 e. The van der Waals surface area contributed by atoms with Crippen LogP contribution in [-0.4, -0.2) is 86.2 Å². The second kappa shape index (κ2) is 13.6. The fraction of sp³-hybridized carbons (Fsp3) is 0.611. The number of carbonyl (C=O) groups is 7. The summed E-state index contributed by atoms with van der Waals surface area (Å²) in [6, 6.07) is -6.18. The Morgan fingerprint density at radius 1 is 0.697 bits per heavy atom. The first-order valence-electron chi connectivity index (χ1n) is 9.70. The normalized spacial score (nSPS) is 14.3. The second-order valence-corrected chi connectivity index (χ2v) is 7.43. The van der Waals surface area contributed by atoms with Gasteiger partial charge >= 0.3 is 23.9 Å². The van der Waals surface area contributed by atoms with Crippen molar-refractivity contribution >= 4 is 41.6 Å². The van der Waals surface area contributed by atoms with E-state index in [0.717, 1.165) is 0 Å². The number of hydrogen-bond acceptors (Lipinski definition) is 8. The predicted octanol–water partition coefficient (Wildman–Crippen LogP) is -2.68. The highest BCUT2D eigenvalue weighted by atomic mass is 16.4. The lowest BCUT2D eigenvalue weighted by Gasteiger charge is -2.26. The molecule has 0 bridgehead atoms. The maximum Gasteiger partial charge on any atom is 0.326 e. The Morgan fingerprint density at radius 2 is 1.21 bits per heavy atom. The van der Waals surface area contributed by atoms with E-state index in [2.05, 4.69) is 10.6 Å². The fourth-order valence-corrected chi connectivity index (χ4v) is 2.52. The molecule has 0 aromatic heterocycles. The summed E-state index contributed by atoms with van der Waals surface area (Å²) in [5, 5.41) is 41.9. The molecule has 0 saturated carbocycles. The average molecular weight is 476 g/mol. The van der Waals surface area contributed by atoms with Gasteiger partial charge in [-0.3, -0.25) is 28.8 Å². The molecule has 0 aromatic rings. The number of amides is 3. The molecule has 0 fully saturated rings. The van der Waals surface area contributed by atoms with Gasteiger partial charge in [0.1, 0.15) is 18.1 Å². The minimum Gasteiger partial charge on any atom is -0.481 e. The zero-order valence-corrected chi connectivity index (χ0v) is 17.9. The first kappa shape index (κ1) is 29.2. The quantitative estimate of drug-likeness (QED) is 0.120. The van der Waals surface area contributed by atoms with Gasteiger partial charge < -0.3 is 42.1 Å². The first-order valence-corrected chi connectivity index (χ1v) is 9.70. The van der Waals surface area contributed by atoms with Crippen molar-refractivity contribution < 1.29 is 54.0 Å². The van der Waals surface area contributed by atoms with Gasteiger partial charge in [-0.25, -0.2) is 4.79 Å². The van der Waals surface area contributed by atoms with Crippen molar-refractivity contribution in [1.82, 2.24) is 16.0 Å². The third kappa shape index (κ3) is 11.4. The van der Waals surface area contributed by atoms with Crippen LogP contribution in [0.15, 0.2) is 0 Å². The molecule has 186 valence electrons. The van der Waals surface area contributed by atoms with Crippen LogP contribution in [0.2, 0.25) is 0 Å². The van der Waals surface area contributed by atoms with Crippen LogP contribution in [0.4, 0.5) is 0 Å². The molecule has 0 spiro atoms. The molecular weight excluding hydrogens is 448 g/mol. The van der Waals surface area contributed by atoms with E-state index in [1.54, 1.807) is 0 Å². The standard InChI is InChI=1S/C18H28N4O11/c1-7(2)14(17(31)21-10(18(32)33)6-13(27)28)22-16(30)9(3-4-11(23)24)20-15(29)8(19)5-12(25)26/h7-10,14H,3-6,19H2,1-2H3,(H,20,29)(H,21,31)(H,22,30)(H,23,24)(H,25,26)(H,27,28)(H,32,33). The lowest BCUT2D eigenvalue weighted by molar-refractivity contribution is -0.147. The molecule has 0 radical (unpaired) electrons. The summed E-state index contributed by atoms with van der Waals surface area (Å²) < 4.78 is 0. The molecule has 0 aliphatic carbocycles. The van der Waals surface area contributed by atoms with Crippen LogP contribution in [-0.2, 0) is 33.6 Å². The molecule has 0 rings (SSSR count). The van der Waals surface area contributed by atoms with Crippen molar-refractivity contribution in [3.05, 3.63) is 0 Å². The molecule has 0 aromatic carbocycles. The summed E-state index contributed by atoms with van der Waals surface area (Å²) in [7, 11) is 0. The molecule has 9 N–H and O–H groups in total. The summed E-state index contributed by atoms with van der Waals surface area (Å²) in [6.45, 7) is 2.98. The van der Waals surface area contributed by atoms with E-state index in [1.165, 1.54) is 13.8 Å². The van der Waals surface area contributed by atoms with E-state index in [-0.39, 0.29) is 0 Å². The lowest BCUT2D eigenvalue weighted by Crippen LogP contribution is -2.58. The third-order valence-electron chi connectivity index (χ3n) is 4.25. The zero-order valence-electron chi connectivity index (χ0n) is 17.9. The Bertz CT molecular complexity index is 783. The summed E-state index contributed by atoms with van der Waals surface area (Å²) in [5.74, 6) is -9.47. The van der Waals surface area contributed by atoms with Crippen molar-refractivity contribution in [3.8, 4) is 0 Å². The monoisotopic (exact) mass is 476 g/mol. The Labute approximate surface area is 187 Å². The Hall–Kier alpha value is -3.75. The van der Waals surface area contributed by atoms with Gasteiger partial charge in [0, 0.05) is 6.42 Å². The van der Waals surface area contributed by atoms with Gasteiger partial charge in [-0.2, -0.15) is 0 Å². The summed E-state index contributed by atoms with van der Waals surface area (Å²) in [4.78, 5) is 80.9. The van der Waals surface area contributed by atoms with E-state index < -0.39 is 97.4 Å². The number of rotatable bonds is 15. The van der Waals surface area contributed by atoms with Gasteiger partial charge in [0.05, 0.1) is 18.9 Å². The average Bonchev–Trinajstić information content (AvgIpc) is 2.66. The fourth-order valence-electron chi connectivity index (χ4n) is 2.52. The first-order chi connectivity index (χ1) is 15.1. The molecule has 0 aliphatic rings. The second-order valence-electron chi connectivity index (χ2n) is 7.43. The molecule has 0 heterocycles. The topological polar surface area (TPSA) is 263 Å².